The largest absolute Gasteiger partial charge is 0.399 e. The lowest BCUT2D eigenvalue weighted by Gasteiger charge is -2.04. The first kappa shape index (κ1) is 9.97. The molecule has 0 saturated heterocycles. The molecule has 2 aromatic rings. The fourth-order valence-electron chi connectivity index (χ4n) is 1.14. The van der Waals surface area contributed by atoms with Crippen LogP contribution in [-0.2, 0) is 0 Å². The van der Waals surface area contributed by atoms with E-state index in [9.17, 15) is 0 Å². The number of nitrogens with two attached hydrogens (primary N) is 1. The summed E-state index contributed by atoms with van der Waals surface area (Å²) in [6.45, 7) is 0. The molecular formula is C9H7BrIN3. The first-order valence-electron chi connectivity index (χ1n) is 3.92. The smallest absolute Gasteiger partial charge is 0.0789 e. The molecule has 2 N–H and O–H groups in total. The fraction of sp³-hybridized carbons (Fsp3) is 0. The zero-order valence-corrected chi connectivity index (χ0v) is 10.9. The van der Waals surface area contributed by atoms with Crippen molar-refractivity contribution in [1.29, 1.82) is 0 Å². The fourth-order valence-corrected chi connectivity index (χ4v) is 2.11. The zero-order valence-electron chi connectivity index (χ0n) is 7.11. The molecule has 0 aliphatic rings. The van der Waals surface area contributed by atoms with E-state index in [0.717, 1.165) is 19.4 Å². The molecule has 2 rings (SSSR count). The Balaban J connectivity index is 2.52. The van der Waals surface area contributed by atoms with Gasteiger partial charge in [-0.25, -0.2) is 4.68 Å². The molecule has 1 heterocycles. The second-order valence-corrected chi connectivity index (χ2v) is 4.91. The molecule has 0 radical (unpaired) electrons. The van der Waals surface area contributed by atoms with Gasteiger partial charge in [-0.3, -0.25) is 0 Å². The highest BCUT2D eigenvalue weighted by atomic mass is 127. The normalized spacial score (nSPS) is 10.4. The van der Waals surface area contributed by atoms with Gasteiger partial charge in [0.25, 0.3) is 0 Å². The van der Waals surface area contributed by atoms with E-state index in [-0.39, 0.29) is 0 Å². The van der Waals surface area contributed by atoms with Crippen molar-refractivity contribution in [3.8, 4) is 5.69 Å². The Kier molecular flexibility index (Phi) is 2.78. The van der Waals surface area contributed by atoms with Gasteiger partial charge in [0.15, 0.2) is 0 Å². The highest BCUT2D eigenvalue weighted by Gasteiger charge is 2.03. The van der Waals surface area contributed by atoms with Crippen LogP contribution in [-0.4, -0.2) is 9.78 Å². The van der Waals surface area contributed by atoms with E-state index in [1.54, 1.807) is 0 Å². The Bertz CT molecular complexity index is 467. The van der Waals surface area contributed by atoms with Gasteiger partial charge in [-0.1, -0.05) is 0 Å². The minimum absolute atomic E-state index is 0.738. The van der Waals surface area contributed by atoms with E-state index in [2.05, 4.69) is 43.6 Å². The van der Waals surface area contributed by atoms with Crippen LogP contribution in [0.1, 0.15) is 0 Å². The summed E-state index contributed by atoms with van der Waals surface area (Å²) in [5.41, 5.74) is 7.38. The molecular weight excluding hydrogens is 357 g/mol. The van der Waals surface area contributed by atoms with E-state index in [1.807, 2.05) is 35.3 Å². The monoisotopic (exact) mass is 363 g/mol. The van der Waals surface area contributed by atoms with Crippen LogP contribution in [0.15, 0.2) is 35.1 Å². The summed E-state index contributed by atoms with van der Waals surface area (Å²) in [7, 11) is 0. The molecule has 3 nitrogen and oxygen atoms in total. The van der Waals surface area contributed by atoms with Crippen LogP contribution in [0, 0.1) is 3.57 Å². The van der Waals surface area contributed by atoms with Crippen LogP contribution in [0.25, 0.3) is 5.69 Å². The Morgan fingerprint density at radius 3 is 2.79 bits per heavy atom. The lowest BCUT2D eigenvalue weighted by molar-refractivity contribution is 0.876. The first-order valence-corrected chi connectivity index (χ1v) is 5.79. The van der Waals surface area contributed by atoms with Gasteiger partial charge in [-0.2, -0.15) is 5.10 Å². The standard InChI is InChI=1S/C9H7BrIN3/c10-8-3-7(12)1-2-9(8)14-5-6(11)4-13-14/h1-5H,12H2. The summed E-state index contributed by atoms with van der Waals surface area (Å²) < 4.78 is 3.86. The molecule has 1 aromatic heterocycles. The number of hydrogen-bond acceptors (Lipinski definition) is 2. The Morgan fingerprint density at radius 2 is 2.21 bits per heavy atom. The van der Waals surface area contributed by atoms with Crippen molar-refractivity contribution in [2.24, 2.45) is 0 Å². The summed E-state index contributed by atoms with van der Waals surface area (Å²) in [5.74, 6) is 0. The van der Waals surface area contributed by atoms with Crippen molar-refractivity contribution in [2.75, 3.05) is 5.73 Å². The van der Waals surface area contributed by atoms with Crippen molar-refractivity contribution < 1.29 is 0 Å². The SMILES string of the molecule is Nc1ccc(-n2cc(I)cn2)c(Br)c1. The second kappa shape index (κ2) is 3.90. The van der Waals surface area contributed by atoms with Crippen LogP contribution >= 0.6 is 38.5 Å². The second-order valence-electron chi connectivity index (χ2n) is 2.81. The van der Waals surface area contributed by atoms with Crippen LogP contribution in [0.5, 0.6) is 0 Å². The Hall–Kier alpha value is -0.560. The maximum absolute atomic E-state index is 5.65. The predicted molar refractivity (Wildman–Crippen MR) is 68.4 cm³/mol. The van der Waals surface area contributed by atoms with Crippen molar-refractivity contribution in [3.63, 3.8) is 0 Å². The van der Waals surface area contributed by atoms with Crippen molar-refractivity contribution in [3.05, 3.63) is 38.6 Å². The molecule has 0 saturated carbocycles. The summed E-state index contributed by atoms with van der Waals surface area (Å²) in [6.07, 6.45) is 3.76. The van der Waals surface area contributed by atoms with Gasteiger partial charge in [0.1, 0.15) is 0 Å². The highest BCUT2D eigenvalue weighted by molar-refractivity contribution is 14.1. The summed E-state index contributed by atoms with van der Waals surface area (Å²) in [6, 6.07) is 5.65. The van der Waals surface area contributed by atoms with Gasteiger partial charge in [0, 0.05) is 16.4 Å². The van der Waals surface area contributed by atoms with Crippen LogP contribution in [0.3, 0.4) is 0 Å². The minimum Gasteiger partial charge on any atom is -0.399 e. The highest BCUT2D eigenvalue weighted by Crippen LogP contribution is 2.23. The van der Waals surface area contributed by atoms with Gasteiger partial charge in [0.05, 0.1) is 15.5 Å². The zero-order chi connectivity index (χ0) is 10.1. The molecule has 0 atom stereocenters. The number of aromatic nitrogens is 2. The van der Waals surface area contributed by atoms with E-state index in [4.69, 9.17) is 5.73 Å². The third kappa shape index (κ3) is 1.93. The maximum Gasteiger partial charge on any atom is 0.0789 e. The predicted octanol–water partition coefficient (Wildman–Crippen LogP) is 2.82. The number of nitrogens with zero attached hydrogens (tertiary/aromatic N) is 2. The van der Waals surface area contributed by atoms with Crippen LogP contribution in [0.2, 0.25) is 0 Å². The number of benzene rings is 1. The van der Waals surface area contributed by atoms with Crippen LogP contribution in [0.4, 0.5) is 5.69 Å². The molecule has 0 bridgehead atoms. The minimum atomic E-state index is 0.738. The first-order chi connectivity index (χ1) is 6.66. The average molecular weight is 364 g/mol. The van der Waals surface area contributed by atoms with Gasteiger partial charge >= 0.3 is 0 Å². The molecule has 0 amide bonds. The average Bonchev–Trinajstić information content (AvgIpc) is 2.51. The number of rotatable bonds is 1. The van der Waals surface area contributed by atoms with E-state index in [0.29, 0.717) is 0 Å². The number of hydrogen-bond donors (Lipinski definition) is 1. The van der Waals surface area contributed by atoms with E-state index < -0.39 is 0 Å². The van der Waals surface area contributed by atoms with E-state index >= 15 is 0 Å². The topological polar surface area (TPSA) is 43.8 Å². The van der Waals surface area contributed by atoms with Gasteiger partial charge in [-0.05, 0) is 56.7 Å². The molecule has 0 fully saturated rings. The van der Waals surface area contributed by atoms with Gasteiger partial charge < -0.3 is 5.73 Å². The lowest BCUT2D eigenvalue weighted by Crippen LogP contribution is -1.96. The number of anilines is 1. The third-order valence-electron chi connectivity index (χ3n) is 1.77. The molecule has 0 aliphatic heterocycles. The number of halogens is 2. The van der Waals surface area contributed by atoms with E-state index in [1.165, 1.54) is 0 Å². The van der Waals surface area contributed by atoms with Crippen molar-refractivity contribution in [2.45, 2.75) is 0 Å². The quantitative estimate of drug-likeness (QED) is 0.625. The summed E-state index contributed by atoms with van der Waals surface area (Å²) in [5, 5.41) is 4.21. The van der Waals surface area contributed by atoms with Crippen molar-refractivity contribution in [1.82, 2.24) is 9.78 Å². The summed E-state index contributed by atoms with van der Waals surface area (Å²) >= 11 is 5.67. The molecule has 5 heteroatoms. The Morgan fingerprint density at radius 1 is 1.43 bits per heavy atom. The van der Waals surface area contributed by atoms with Gasteiger partial charge in [-0.15, -0.1) is 0 Å². The Labute approximate surface area is 104 Å². The molecule has 0 unspecified atom stereocenters. The third-order valence-corrected chi connectivity index (χ3v) is 2.96. The molecule has 72 valence electrons. The van der Waals surface area contributed by atoms with Crippen LogP contribution < -0.4 is 5.73 Å². The van der Waals surface area contributed by atoms with Crippen molar-refractivity contribution >= 4 is 44.2 Å². The molecule has 14 heavy (non-hydrogen) atoms. The summed E-state index contributed by atoms with van der Waals surface area (Å²) in [4.78, 5) is 0. The maximum atomic E-state index is 5.65. The lowest BCUT2D eigenvalue weighted by atomic mass is 10.3. The molecule has 1 aromatic carbocycles. The van der Waals surface area contributed by atoms with Gasteiger partial charge in [0.2, 0.25) is 0 Å². The molecule has 0 aliphatic carbocycles. The molecule has 0 spiro atoms. The number of nitrogen functional groups attached to an aromatic ring is 1.